The van der Waals surface area contributed by atoms with Crippen LogP contribution in [-0.4, -0.2) is 24.2 Å². The van der Waals surface area contributed by atoms with E-state index >= 15 is 0 Å². The van der Waals surface area contributed by atoms with E-state index in [-0.39, 0.29) is 5.97 Å². The normalized spacial score (nSPS) is 12.1. The lowest BCUT2D eigenvalue weighted by molar-refractivity contribution is -0.134. The molecule has 1 unspecified atom stereocenters. The largest absolute Gasteiger partial charge is 0.427 e. The first-order chi connectivity index (χ1) is 14.7. The molecular formula is C26H45NO3. The first-order valence-corrected chi connectivity index (χ1v) is 12.4. The zero-order valence-electron chi connectivity index (χ0n) is 19.5. The average molecular weight is 420 g/mol. The summed E-state index contributed by atoms with van der Waals surface area (Å²) in [6.07, 6.45) is 16.7. The van der Waals surface area contributed by atoms with Crippen LogP contribution < -0.4 is 10.1 Å². The molecule has 0 amide bonds. The summed E-state index contributed by atoms with van der Waals surface area (Å²) < 4.78 is 5.45. The van der Waals surface area contributed by atoms with E-state index in [1.807, 2.05) is 19.1 Å². The van der Waals surface area contributed by atoms with Crippen molar-refractivity contribution in [2.75, 3.05) is 13.1 Å². The Morgan fingerprint density at radius 2 is 1.47 bits per heavy atom. The predicted molar refractivity (Wildman–Crippen MR) is 126 cm³/mol. The molecule has 4 nitrogen and oxygen atoms in total. The van der Waals surface area contributed by atoms with Crippen molar-refractivity contribution < 1.29 is 14.6 Å². The van der Waals surface area contributed by atoms with E-state index in [1.54, 1.807) is 12.1 Å². The molecule has 0 aromatic heterocycles. The van der Waals surface area contributed by atoms with Crippen LogP contribution in [0.2, 0.25) is 0 Å². The van der Waals surface area contributed by atoms with Gasteiger partial charge in [-0.25, -0.2) is 0 Å². The summed E-state index contributed by atoms with van der Waals surface area (Å²) in [5.74, 6) is 0.333. The van der Waals surface area contributed by atoms with Gasteiger partial charge >= 0.3 is 5.97 Å². The van der Waals surface area contributed by atoms with Crippen LogP contribution in [0.15, 0.2) is 24.3 Å². The smallest absolute Gasteiger partial charge is 0.311 e. The number of hydrogen-bond acceptors (Lipinski definition) is 4. The number of carbonyl (C=O) groups is 1. The second-order valence-electron chi connectivity index (χ2n) is 8.36. The van der Waals surface area contributed by atoms with Gasteiger partial charge in [-0.1, -0.05) is 103 Å². The molecule has 1 aromatic rings. The molecule has 1 atom stereocenters. The van der Waals surface area contributed by atoms with Crippen molar-refractivity contribution >= 4 is 5.97 Å². The third-order valence-corrected chi connectivity index (χ3v) is 5.55. The van der Waals surface area contributed by atoms with Crippen molar-refractivity contribution in [3.05, 3.63) is 29.8 Å². The van der Waals surface area contributed by atoms with Crippen LogP contribution in [0, 0.1) is 0 Å². The summed E-state index contributed by atoms with van der Waals surface area (Å²) in [6, 6.07) is 7.19. The lowest BCUT2D eigenvalue weighted by Crippen LogP contribution is -2.20. The van der Waals surface area contributed by atoms with E-state index in [0.29, 0.717) is 18.7 Å². The van der Waals surface area contributed by atoms with Crippen LogP contribution in [0.4, 0.5) is 0 Å². The van der Waals surface area contributed by atoms with Gasteiger partial charge in [-0.15, -0.1) is 0 Å². The number of nitrogens with one attached hydrogen (secondary N) is 1. The molecule has 0 aliphatic rings. The van der Waals surface area contributed by atoms with Crippen LogP contribution in [0.25, 0.3) is 0 Å². The molecule has 0 heterocycles. The number of carbonyl (C=O) groups excluding carboxylic acids is 1. The van der Waals surface area contributed by atoms with Crippen molar-refractivity contribution in [2.45, 2.75) is 110 Å². The Bertz CT molecular complexity index is 547. The molecule has 2 N–H and O–H groups in total. The number of unbranched alkanes of at least 4 members (excludes halogenated alkanes) is 12. The Morgan fingerprint density at radius 1 is 0.900 bits per heavy atom. The van der Waals surface area contributed by atoms with Crippen molar-refractivity contribution in [1.82, 2.24) is 5.32 Å². The lowest BCUT2D eigenvalue weighted by Gasteiger charge is -2.12. The fraction of sp³-hybridized carbons (Fsp3) is 0.731. The zero-order chi connectivity index (χ0) is 21.9. The number of esters is 1. The average Bonchev–Trinajstić information content (AvgIpc) is 2.75. The zero-order valence-corrected chi connectivity index (χ0v) is 19.5. The molecule has 0 aliphatic heterocycles. The monoisotopic (exact) mass is 419 g/mol. The highest BCUT2D eigenvalue weighted by Crippen LogP contribution is 2.20. The third-order valence-electron chi connectivity index (χ3n) is 5.55. The fourth-order valence-corrected chi connectivity index (χ4v) is 3.65. The lowest BCUT2D eigenvalue weighted by atomic mass is 10.0. The summed E-state index contributed by atoms with van der Waals surface area (Å²) in [4.78, 5) is 12.1. The first-order valence-electron chi connectivity index (χ1n) is 12.4. The van der Waals surface area contributed by atoms with Gasteiger partial charge in [-0.05, 0) is 30.7 Å². The molecule has 1 rings (SSSR count). The Morgan fingerprint density at radius 3 is 2.03 bits per heavy atom. The Balaban J connectivity index is 2.03. The van der Waals surface area contributed by atoms with Gasteiger partial charge in [0, 0.05) is 13.0 Å². The predicted octanol–water partition coefficient (Wildman–Crippen LogP) is 6.72. The van der Waals surface area contributed by atoms with Crippen molar-refractivity contribution in [1.29, 1.82) is 0 Å². The van der Waals surface area contributed by atoms with Gasteiger partial charge in [0.2, 0.25) is 0 Å². The quantitative estimate of drug-likeness (QED) is 0.148. The van der Waals surface area contributed by atoms with Crippen LogP contribution in [0.3, 0.4) is 0 Å². The van der Waals surface area contributed by atoms with E-state index in [2.05, 4.69) is 12.2 Å². The van der Waals surface area contributed by atoms with Gasteiger partial charge in [0.15, 0.2) is 0 Å². The number of aliphatic hydroxyl groups is 1. The van der Waals surface area contributed by atoms with Gasteiger partial charge < -0.3 is 15.2 Å². The SMILES string of the molecule is CCCCCCCCCCCCCCCC(=O)Oc1cccc(C(O)CNCC)c1. The summed E-state index contributed by atoms with van der Waals surface area (Å²) in [6.45, 7) is 5.57. The van der Waals surface area contributed by atoms with Crippen LogP contribution in [0.5, 0.6) is 5.75 Å². The minimum Gasteiger partial charge on any atom is -0.427 e. The van der Waals surface area contributed by atoms with E-state index in [0.717, 1.165) is 24.9 Å². The molecule has 1 aromatic carbocycles. The molecule has 30 heavy (non-hydrogen) atoms. The highest BCUT2D eigenvalue weighted by atomic mass is 16.5. The molecule has 0 saturated carbocycles. The Labute approximate surface area is 184 Å². The van der Waals surface area contributed by atoms with Gasteiger partial charge in [-0.3, -0.25) is 4.79 Å². The van der Waals surface area contributed by atoms with Crippen molar-refractivity contribution in [2.24, 2.45) is 0 Å². The van der Waals surface area contributed by atoms with E-state index in [4.69, 9.17) is 4.74 Å². The van der Waals surface area contributed by atoms with Crippen LogP contribution in [0.1, 0.15) is 115 Å². The maximum atomic E-state index is 12.1. The second kappa shape index (κ2) is 18.4. The molecule has 0 fully saturated rings. The highest BCUT2D eigenvalue weighted by molar-refractivity contribution is 5.72. The van der Waals surface area contributed by atoms with E-state index in [9.17, 15) is 9.90 Å². The molecule has 0 radical (unpaired) electrons. The molecule has 172 valence electrons. The molecule has 0 saturated heterocycles. The number of hydrogen-bond donors (Lipinski definition) is 2. The Hall–Kier alpha value is -1.39. The number of ether oxygens (including phenoxy) is 1. The van der Waals surface area contributed by atoms with Crippen LogP contribution >= 0.6 is 0 Å². The minimum atomic E-state index is -0.593. The van der Waals surface area contributed by atoms with Crippen molar-refractivity contribution in [3.63, 3.8) is 0 Å². The topological polar surface area (TPSA) is 58.6 Å². The van der Waals surface area contributed by atoms with Gasteiger partial charge in [0.1, 0.15) is 5.75 Å². The summed E-state index contributed by atoms with van der Waals surface area (Å²) in [7, 11) is 0. The van der Waals surface area contributed by atoms with E-state index in [1.165, 1.54) is 70.6 Å². The first kappa shape index (κ1) is 26.6. The molecule has 0 aliphatic carbocycles. The second-order valence-corrected chi connectivity index (χ2v) is 8.36. The van der Waals surface area contributed by atoms with E-state index < -0.39 is 6.10 Å². The van der Waals surface area contributed by atoms with Crippen LogP contribution in [-0.2, 0) is 4.79 Å². The van der Waals surface area contributed by atoms with Gasteiger partial charge in [-0.2, -0.15) is 0 Å². The van der Waals surface area contributed by atoms with Crippen molar-refractivity contribution in [3.8, 4) is 5.75 Å². The standard InChI is InChI=1S/C26H45NO3/c1-3-5-6-7-8-9-10-11-12-13-14-15-16-20-26(29)30-24-19-17-18-23(21-24)25(28)22-27-4-2/h17-19,21,25,27-28H,3-16,20,22H2,1-2H3. The number of likely N-dealkylation sites (N-methyl/N-ethyl adjacent to an activating group) is 1. The maximum Gasteiger partial charge on any atom is 0.311 e. The number of rotatable bonds is 19. The molecule has 0 bridgehead atoms. The molecular weight excluding hydrogens is 374 g/mol. The summed E-state index contributed by atoms with van der Waals surface area (Å²) in [5.41, 5.74) is 0.766. The molecule has 4 heteroatoms. The number of aliphatic hydroxyl groups excluding tert-OH is 1. The fourth-order valence-electron chi connectivity index (χ4n) is 3.65. The maximum absolute atomic E-state index is 12.1. The number of benzene rings is 1. The minimum absolute atomic E-state index is 0.184. The Kier molecular flexibility index (Phi) is 16.3. The summed E-state index contributed by atoms with van der Waals surface area (Å²) >= 11 is 0. The van der Waals surface area contributed by atoms with Gasteiger partial charge in [0.25, 0.3) is 0 Å². The highest BCUT2D eigenvalue weighted by Gasteiger charge is 2.10. The summed E-state index contributed by atoms with van der Waals surface area (Å²) in [5, 5.41) is 13.3. The third kappa shape index (κ3) is 13.8. The van der Waals surface area contributed by atoms with Gasteiger partial charge in [0.05, 0.1) is 6.10 Å². The molecule has 0 spiro atoms.